The van der Waals surface area contributed by atoms with E-state index in [4.69, 9.17) is 17.3 Å². The lowest BCUT2D eigenvalue weighted by Gasteiger charge is -2.39. The number of anilines is 1. The van der Waals surface area contributed by atoms with Gasteiger partial charge in [0.2, 0.25) is 0 Å². The fraction of sp³-hybridized carbons (Fsp3) is 0.500. The highest BCUT2D eigenvalue weighted by Gasteiger charge is 2.29. The number of piperidine rings is 1. The Kier molecular flexibility index (Phi) is 3.81. The number of nitrogens with two attached hydrogens (primary N) is 1. The molecule has 98 valence electrons. The van der Waals surface area contributed by atoms with Crippen LogP contribution in [0, 0.1) is 0 Å². The quantitative estimate of drug-likeness (QED) is 0.793. The second-order valence-corrected chi connectivity index (χ2v) is 5.48. The molecule has 1 heterocycles. The second kappa shape index (κ2) is 5.19. The summed E-state index contributed by atoms with van der Waals surface area (Å²) in [7, 11) is 0. The first kappa shape index (κ1) is 13.2. The molecule has 0 spiro atoms. The predicted octanol–water partition coefficient (Wildman–Crippen LogP) is 3.33. The van der Waals surface area contributed by atoms with Gasteiger partial charge in [-0.2, -0.15) is 0 Å². The highest BCUT2D eigenvalue weighted by atomic mass is 35.5. The van der Waals surface area contributed by atoms with E-state index in [0.29, 0.717) is 16.3 Å². The van der Waals surface area contributed by atoms with Gasteiger partial charge in [0.1, 0.15) is 0 Å². The van der Waals surface area contributed by atoms with Crippen molar-refractivity contribution in [3.05, 3.63) is 28.8 Å². The smallest absolute Gasteiger partial charge is 0.254 e. The van der Waals surface area contributed by atoms with Crippen LogP contribution in [0.25, 0.3) is 0 Å². The molecule has 2 rings (SSSR count). The van der Waals surface area contributed by atoms with Gasteiger partial charge in [-0.15, -0.1) is 0 Å². The first-order chi connectivity index (χ1) is 8.50. The molecule has 0 aliphatic carbocycles. The summed E-state index contributed by atoms with van der Waals surface area (Å²) in [5.41, 5.74) is 6.79. The van der Waals surface area contributed by atoms with Gasteiger partial charge in [-0.25, -0.2) is 0 Å². The number of likely N-dealkylation sites (tertiary alicyclic amines) is 1. The normalized spacial score (nSPS) is 24.1. The zero-order valence-electron chi connectivity index (χ0n) is 10.8. The number of benzene rings is 1. The van der Waals surface area contributed by atoms with Crippen molar-refractivity contribution in [3.63, 3.8) is 0 Å². The molecule has 1 fully saturated rings. The van der Waals surface area contributed by atoms with Gasteiger partial charge < -0.3 is 10.6 Å². The minimum absolute atomic E-state index is 0.0524. The van der Waals surface area contributed by atoms with E-state index in [9.17, 15) is 4.79 Å². The molecular weight excluding hydrogens is 248 g/mol. The number of halogens is 1. The summed E-state index contributed by atoms with van der Waals surface area (Å²) >= 11 is 5.97. The SMILES string of the molecule is CC1CCCC(C)N1C(=O)c1ccc(N)c(Cl)c1. The maximum Gasteiger partial charge on any atom is 0.254 e. The Morgan fingerprint density at radius 2 is 1.94 bits per heavy atom. The molecule has 0 radical (unpaired) electrons. The average Bonchev–Trinajstić information content (AvgIpc) is 2.32. The van der Waals surface area contributed by atoms with E-state index in [1.54, 1.807) is 18.2 Å². The molecule has 1 aliphatic rings. The lowest BCUT2D eigenvalue weighted by molar-refractivity contribution is 0.0511. The van der Waals surface area contributed by atoms with Gasteiger partial charge in [-0.3, -0.25) is 4.79 Å². The summed E-state index contributed by atoms with van der Waals surface area (Å²) in [5.74, 6) is 0.0524. The Morgan fingerprint density at radius 3 is 2.50 bits per heavy atom. The van der Waals surface area contributed by atoms with E-state index in [-0.39, 0.29) is 18.0 Å². The maximum absolute atomic E-state index is 12.5. The van der Waals surface area contributed by atoms with Gasteiger partial charge in [0.15, 0.2) is 0 Å². The zero-order valence-corrected chi connectivity index (χ0v) is 11.6. The number of nitrogens with zero attached hydrogens (tertiary/aromatic N) is 1. The number of rotatable bonds is 1. The standard InChI is InChI=1S/C14H19ClN2O/c1-9-4-3-5-10(2)17(9)14(18)11-6-7-13(16)12(15)8-11/h6-10H,3-5,16H2,1-2H3. The number of hydrogen-bond donors (Lipinski definition) is 1. The molecule has 2 unspecified atom stereocenters. The lowest BCUT2D eigenvalue weighted by atomic mass is 9.96. The Labute approximate surface area is 113 Å². The van der Waals surface area contributed by atoms with Gasteiger partial charge in [0, 0.05) is 17.6 Å². The second-order valence-electron chi connectivity index (χ2n) is 5.08. The summed E-state index contributed by atoms with van der Waals surface area (Å²) < 4.78 is 0. The molecule has 1 aromatic rings. The first-order valence-electron chi connectivity index (χ1n) is 6.38. The van der Waals surface area contributed by atoms with Crippen molar-refractivity contribution in [2.24, 2.45) is 0 Å². The highest BCUT2D eigenvalue weighted by Crippen LogP contribution is 2.26. The Morgan fingerprint density at radius 1 is 1.33 bits per heavy atom. The van der Waals surface area contributed by atoms with Crippen LogP contribution >= 0.6 is 11.6 Å². The van der Waals surface area contributed by atoms with Crippen LogP contribution in [0.5, 0.6) is 0 Å². The fourth-order valence-electron chi connectivity index (χ4n) is 2.63. The van der Waals surface area contributed by atoms with Gasteiger partial charge in [0.25, 0.3) is 5.91 Å². The summed E-state index contributed by atoms with van der Waals surface area (Å²) in [6.45, 7) is 4.21. The van der Waals surface area contributed by atoms with E-state index < -0.39 is 0 Å². The highest BCUT2D eigenvalue weighted by molar-refractivity contribution is 6.33. The predicted molar refractivity (Wildman–Crippen MR) is 74.8 cm³/mol. The number of carbonyl (C=O) groups is 1. The Hall–Kier alpha value is -1.22. The van der Waals surface area contributed by atoms with Crippen molar-refractivity contribution in [3.8, 4) is 0 Å². The zero-order chi connectivity index (χ0) is 13.3. The molecule has 2 atom stereocenters. The van der Waals surface area contributed by atoms with Crippen LogP contribution in [0.1, 0.15) is 43.5 Å². The molecule has 0 saturated carbocycles. The molecule has 2 N–H and O–H groups in total. The molecule has 3 nitrogen and oxygen atoms in total. The molecule has 1 aliphatic heterocycles. The van der Waals surface area contributed by atoms with Crippen molar-refractivity contribution in [2.75, 3.05) is 5.73 Å². The van der Waals surface area contributed by atoms with Crippen molar-refractivity contribution >= 4 is 23.2 Å². The van der Waals surface area contributed by atoms with Crippen LogP contribution in [0.2, 0.25) is 5.02 Å². The molecule has 4 heteroatoms. The van der Waals surface area contributed by atoms with Crippen LogP contribution < -0.4 is 5.73 Å². The third-order valence-electron chi connectivity index (χ3n) is 3.68. The summed E-state index contributed by atoms with van der Waals surface area (Å²) in [5, 5.41) is 0.443. The van der Waals surface area contributed by atoms with Crippen molar-refractivity contribution in [1.82, 2.24) is 4.90 Å². The Bertz CT molecular complexity index is 451. The van der Waals surface area contributed by atoms with E-state index in [1.165, 1.54) is 6.42 Å². The monoisotopic (exact) mass is 266 g/mol. The molecule has 0 aromatic heterocycles. The number of carbonyl (C=O) groups excluding carboxylic acids is 1. The molecule has 1 aromatic carbocycles. The molecular formula is C14H19ClN2O. The summed E-state index contributed by atoms with van der Waals surface area (Å²) in [4.78, 5) is 14.5. The number of amides is 1. The number of hydrogen-bond acceptors (Lipinski definition) is 2. The van der Waals surface area contributed by atoms with E-state index in [1.807, 2.05) is 4.90 Å². The minimum atomic E-state index is 0.0524. The van der Waals surface area contributed by atoms with Crippen LogP contribution in [-0.2, 0) is 0 Å². The average molecular weight is 267 g/mol. The Balaban J connectivity index is 2.26. The molecule has 1 saturated heterocycles. The largest absolute Gasteiger partial charge is 0.398 e. The van der Waals surface area contributed by atoms with Crippen molar-refractivity contribution < 1.29 is 4.79 Å². The van der Waals surface area contributed by atoms with E-state index in [0.717, 1.165) is 12.8 Å². The fourth-order valence-corrected chi connectivity index (χ4v) is 2.81. The topological polar surface area (TPSA) is 46.3 Å². The van der Waals surface area contributed by atoms with Gasteiger partial charge in [-0.1, -0.05) is 11.6 Å². The maximum atomic E-state index is 12.5. The van der Waals surface area contributed by atoms with Crippen LogP contribution in [-0.4, -0.2) is 22.9 Å². The van der Waals surface area contributed by atoms with E-state index in [2.05, 4.69) is 13.8 Å². The van der Waals surface area contributed by atoms with Crippen LogP contribution in [0.3, 0.4) is 0 Å². The third-order valence-corrected chi connectivity index (χ3v) is 4.00. The van der Waals surface area contributed by atoms with Crippen molar-refractivity contribution in [2.45, 2.75) is 45.2 Å². The van der Waals surface area contributed by atoms with Crippen molar-refractivity contribution in [1.29, 1.82) is 0 Å². The van der Waals surface area contributed by atoms with Crippen LogP contribution in [0.15, 0.2) is 18.2 Å². The minimum Gasteiger partial charge on any atom is -0.398 e. The van der Waals surface area contributed by atoms with Gasteiger partial charge >= 0.3 is 0 Å². The molecule has 1 amide bonds. The third kappa shape index (κ3) is 2.46. The van der Waals surface area contributed by atoms with E-state index >= 15 is 0 Å². The first-order valence-corrected chi connectivity index (χ1v) is 6.76. The van der Waals surface area contributed by atoms with Gasteiger partial charge in [-0.05, 0) is 51.3 Å². The number of nitrogen functional groups attached to an aromatic ring is 1. The summed E-state index contributed by atoms with van der Waals surface area (Å²) in [6.07, 6.45) is 3.33. The molecule has 18 heavy (non-hydrogen) atoms. The molecule has 0 bridgehead atoms. The lowest BCUT2D eigenvalue weighted by Crippen LogP contribution is -2.47. The van der Waals surface area contributed by atoms with Crippen LogP contribution in [0.4, 0.5) is 5.69 Å². The van der Waals surface area contributed by atoms with Gasteiger partial charge in [0.05, 0.1) is 10.7 Å². The summed E-state index contributed by atoms with van der Waals surface area (Å²) in [6, 6.07) is 5.68.